The highest BCUT2D eigenvalue weighted by molar-refractivity contribution is 9.10. The van der Waals surface area contributed by atoms with Gasteiger partial charge in [0.2, 0.25) is 0 Å². The lowest BCUT2D eigenvalue weighted by Crippen LogP contribution is -2.28. The van der Waals surface area contributed by atoms with Gasteiger partial charge in [-0.2, -0.15) is 5.26 Å². The second-order valence-corrected chi connectivity index (χ2v) is 4.63. The van der Waals surface area contributed by atoms with Crippen LogP contribution in [0.15, 0.2) is 53.1 Å². The summed E-state index contributed by atoms with van der Waals surface area (Å²) in [4.78, 5) is 16.0. The lowest BCUT2D eigenvalue weighted by molar-refractivity contribution is 0.0939. The second kappa shape index (κ2) is 6.12. The highest BCUT2D eigenvalue weighted by Gasteiger charge is 2.17. The number of nitrogens with zero attached hydrogens (tertiary/aromatic N) is 2. The molecular weight excluding hydrogens is 306 g/mol. The molecule has 1 unspecified atom stereocenters. The van der Waals surface area contributed by atoms with Crippen LogP contribution in [0.4, 0.5) is 0 Å². The molecule has 0 aliphatic heterocycles. The summed E-state index contributed by atoms with van der Waals surface area (Å²) in [5.74, 6) is -0.386. The lowest BCUT2D eigenvalue weighted by atomic mass is 10.1. The minimum atomic E-state index is -0.692. The van der Waals surface area contributed by atoms with E-state index in [9.17, 15) is 4.79 Å². The van der Waals surface area contributed by atoms with E-state index in [4.69, 9.17) is 5.26 Å². The van der Waals surface area contributed by atoms with Crippen LogP contribution in [-0.4, -0.2) is 10.9 Å². The molecule has 2 rings (SSSR count). The lowest BCUT2D eigenvalue weighted by Gasteiger charge is -2.12. The van der Waals surface area contributed by atoms with Crippen LogP contribution in [0.25, 0.3) is 0 Å². The zero-order valence-corrected chi connectivity index (χ0v) is 11.5. The number of carbonyl (C=O) groups is 1. The van der Waals surface area contributed by atoms with E-state index in [-0.39, 0.29) is 11.6 Å². The Labute approximate surface area is 119 Å². The fourth-order valence-electron chi connectivity index (χ4n) is 1.59. The monoisotopic (exact) mass is 315 g/mol. The molecule has 0 spiro atoms. The minimum absolute atomic E-state index is 0.263. The Morgan fingerprint density at radius 2 is 2.00 bits per heavy atom. The van der Waals surface area contributed by atoms with Crippen LogP contribution in [0.1, 0.15) is 22.1 Å². The molecule has 1 atom stereocenters. The van der Waals surface area contributed by atoms with Gasteiger partial charge in [-0.15, -0.1) is 0 Å². The van der Waals surface area contributed by atoms with Gasteiger partial charge >= 0.3 is 0 Å². The molecule has 0 fully saturated rings. The van der Waals surface area contributed by atoms with Gasteiger partial charge in [0.15, 0.2) is 0 Å². The third kappa shape index (κ3) is 3.18. The number of benzene rings is 1. The number of aromatic nitrogens is 1. The number of nitrogens with one attached hydrogen (secondary N) is 1. The summed E-state index contributed by atoms with van der Waals surface area (Å²) in [5.41, 5.74) is 1.00. The zero-order chi connectivity index (χ0) is 13.7. The number of halogens is 1. The predicted octanol–water partition coefficient (Wildman–Crippen LogP) is 2.84. The number of nitriles is 1. The normalized spacial score (nSPS) is 11.4. The van der Waals surface area contributed by atoms with E-state index in [1.54, 1.807) is 24.3 Å². The average Bonchev–Trinajstić information content (AvgIpc) is 2.46. The topological polar surface area (TPSA) is 65.8 Å². The molecule has 1 heterocycles. The van der Waals surface area contributed by atoms with Crippen molar-refractivity contribution in [2.75, 3.05) is 0 Å². The Hall–Kier alpha value is -2.19. The smallest absolute Gasteiger partial charge is 0.272 e. The summed E-state index contributed by atoms with van der Waals surface area (Å²) in [5, 5.41) is 11.8. The van der Waals surface area contributed by atoms with Gasteiger partial charge in [0, 0.05) is 10.7 Å². The van der Waals surface area contributed by atoms with Gasteiger partial charge < -0.3 is 5.32 Å². The van der Waals surface area contributed by atoms with Gasteiger partial charge in [-0.3, -0.25) is 4.79 Å². The van der Waals surface area contributed by atoms with E-state index in [0.717, 1.165) is 5.56 Å². The minimum Gasteiger partial charge on any atom is -0.331 e. The van der Waals surface area contributed by atoms with Crippen LogP contribution in [-0.2, 0) is 0 Å². The summed E-state index contributed by atoms with van der Waals surface area (Å²) in [6.07, 6.45) is 1.53. The van der Waals surface area contributed by atoms with Gasteiger partial charge in [0.05, 0.1) is 6.07 Å². The molecule has 0 saturated carbocycles. The first-order chi connectivity index (χ1) is 9.22. The SMILES string of the molecule is N#CC(NC(=O)c1ncccc1Br)c1ccccc1. The highest BCUT2D eigenvalue weighted by atomic mass is 79.9. The maximum absolute atomic E-state index is 12.1. The fourth-order valence-corrected chi connectivity index (χ4v) is 2.02. The molecule has 1 N–H and O–H groups in total. The maximum Gasteiger partial charge on any atom is 0.272 e. The van der Waals surface area contributed by atoms with Crippen molar-refractivity contribution >= 4 is 21.8 Å². The van der Waals surface area contributed by atoms with Crippen LogP contribution in [0.2, 0.25) is 0 Å². The largest absolute Gasteiger partial charge is 0.331 e. The fraction of sp³-hybridized carbons (Fsp3) is 0.0714. The molecule has 1 aromatic carbocycles. The van der Waals surface area contributed by atoms with Crippen LogP contribution in [0.5, 0.6) is 0 Å². The summed E-state index contributed by atoms with van der Waals surface area (Å²) in [6.45, 7) is 0. The highest BCUT2D eigenvalue weighted by Crippen LogP contribution is 2.16. The van der Waals surface area contributed by atoms with E-state index in [0.29, 0.717) is 4.47 Å². The molecule has 94 valence electrons. The van der Waals surface area contributed by atoms with Crippen molar-refractivity contribution in [3.05, 3.63) is 64.4 Å². The second-order valence-electron chi connectivity index (χ2n) is 3.78. The summed E-state index contributed by atoms with van der Waals surface area (Å²) in [6, 6.07) is 13.9. The zero-order valence-electron chi connectivity index (χ0n) is 9.88. The first-order valence-corrected chi connectivity index (χ1v) is 6.37. The summed E-state index contributed by atoms with van der Waals surface area (Å²) >= 11 is 3.26. The molecule has 0 aliphatic carbocycles. The Morgan fingerprint density at radius 1 is 1.26 bits per heavy atom. The van der Waals surface area contributed by atoms with Crippen LogP contribution >= 0.6 is 15.9 Å². The van der Waals surface area contributed by atoms with Crippen molar-refractivity contribution in [3.8, 4) is 6.07 Å². The van der Waals surface area contributed by atoms with Crippen molar-refractivity contribution in [3.63, 3.8) is 0 Å². The average molecular weight is 316 g/mol. The molecule has 1 amide bonds. The van der Waals surface area contributed by atoms with Gasteiger partial charge in [-0.1, -0.05) is 30.3 Å². The van der Waals surface area contributed by atoms with Gasteiger partial charge in [-0.05, 0) is 33.6 Å². The third-order valence-electron chi connectivity index (χ3n) is 2.51. The van der Waals surface area contributed by atoms with Crippen molar-refractivity contribution in [2.24, 2.45) is 0 Å². The molecule has 1 aromatic heterocycles. The Bertz CT molecular complexity index is 622. The first kappa shape index (κ1) is 13.2. The predicted molar refractivity (Wildman–Crippen MR) is 74.2 cm³/mol. The standard InChI is InChI=1S/C14H10BrN3O/c15-11-7-4-8-17-13(11)14(19)18-12(9-16)10-5-2-1-3-6-10/h1-8,12H,(H,18,19). The number of carbonyl (C=O) groups excluding carboxylic acids is 1. The molecule has 19 heavy (non-hydrogen) atoms. The molecule has 4 nitrogen and oxygen atoms in total. The number of pyridine rings is 1. The van der Waals surface area contributed by atoms with Gasteiger partial charge in [-0.25, -0.2) is 4.98 Å². The van der Waals surface area contributed by atoms with E-state index in [1.165, 1.54) is 6.20 Å². The van der Waals surface area contributed by atoms with E-state index >= 15 is 0 Å². The van der Waals surface area contributed by atoms with Crippen molar-refractivity contribution in [2.45, 2.75) is 6.04 Å². The quantitative estimate of drug-likeness (QED) is 0.947. The third-order valence-corrected chi connectivity index (χ3v) is 3.15. The molecule has 0 saturated heterocycles. The molecule has 2 aromatic rings. The van der Waals surface area contributed by atoms with Crippen molar-refractivity contribution in [1.82, 2.24) is 10.3 Å². The number of hydrogen-bond donors (Lipinski definition) is 1. The van der Waals surface area contributed by atoms with E-state index in [2.05, 4.69) is 32.3 Å². The van der Waals surface area contributed by atoms with Gasteiger partial charge in [0.25, 0.3) is 5.91 Å². The Morgan fingerprint density at radius 3 is 2.63 bits per heavy atom. The van der Waals surface area contributed by atoms with E-state index < -0.39 is 6.04 Å². The van der Waals surface area contributed by atoms with Crippen LogP contribution in [0.3, 0.4) is 0 Å². The van der Waals surface area contributed by atoms with Crippen LogP contribution in [0, 0.1) is 11.3 Å². The Balaban J connectivity index is 2.19. The van der Waals surface area contributed by atoms with E-state index in [1.807, 2.05) is 18.2 Å². The first-order valence-electron chi connectivity index (χ1n) is 5.58. The van der Waals surface area contributed by atoms with Gasteiger partial charge in [0.1, 0.15) is 11.7 Å². The molecule has 0 radical (unpaired) electrons. The number of hydrogen-bond acceptors (Lipinski definition) is 3. The van der Waals surface area contributed by atoms with Crippen molar-refractivity contribution in [1.29, 1.82) is 5.26 Å². The molecule has 5 heteroatoms. The Kier molecular flexibility index (Phi) is 4.26. The molecular formula is C14H10BrN3O. The van der Waals surface area contributed by atoms with Crippen LogP contribution < -0.4 is 5.32 Å². The maximum atomic E-state index is 12.1. The van der Waals surface area contributed by atoms with Crippen molar-refractivity contribution < 1.29 is 4.79 Å². The number of amides is 1. The summed E-state index contributed by atoms with van der Waals surface area (Å²) < 4.78 is 0.595. The summed E-state index contributed by atoms with van der Waals surface area (Å²) in [7, 11) is 0. The molecule has 0 bridgehead atoms. The molecule has 0 aliphatic rings. The number of rotatable bonds is 3.